The Kier molecular flexibility index (Phi) is 4.52. The number of nitrogens with one attached hydrogen (secondary N) is 1. The molecule has 0 aliphatic carbocycles. The standard InChI is InChI=1S/C17H25N3O2/c1-13(2)5-8-20-15-11-14(19-9-6-18-7-10-19)3-4-16(15)22-12-17(20)21/h3-4,11,13,18H,5-10,12H2,1-2H3. The average molecular weight is 303 g/mol. The van der Waals surface area contributed by atoms with Crippen molar-refractivity contribution in [2.45, 2.75) is 20.3 Å². The predicted molar refractivity (Wildman–Crippen MR) is 88.8 cm³/mol. The van der Waals surface area contributed by atoms with Crippen LogP contribution < -0.4 is 19.9 Å². The van der Waals surface area contributed by atoms with E-state index in [2.05, 4.69) is 36.2 Å². The number of piperazine rings is 1. The summed E-state index contributed by atoms with van der Waals surface area (Å²) >= 11 is 0. The van der Waals surface area contributed by atoms with Gasteiger partial charge in [-0.2, -0.15) is 0 Å². The molecule has 2 aliphatic heterocycles. The summed E-state index contributed by atoms with van der Waals surface area (Å²) in [5.74, 6) is 1.46. The lowest BCUT2D eigenvalue weighted by molar-refractivity contribution is -0.121. The number of hydrogen-bond donors (Lipinski definition) is 1. The molecule has 5 heteroatoms. The first kappa shape index (κ1) is 15.2. The van der Waals surface area contributed by atoms with Gasteiger partial charge in [0.25, 0.3) is 5.91 Å². The van der Waals surface area contributed by atoms with Gasteiger partial charge in [0.1, 0.15) is 5.75 Å². The quantitative estimate of drug-likeness (QED) is 0.922. The fourth-order valence-electron chi connectivity index (χ4n) is 2.94. The topological polar surface area (TPSA) is 44.8 Å². The first-order chi connectivity index (χ1) is 10.6. The van der Waals surface area contributed by atoms with Gasteiger partial charge >= 0.3 is 0 Å². The second kappa shape index (κ2) is 6.57. The SMILES string of the molecule is CC(C)CCN1C(=O)COc2ccc(N3CCNCC3)cc21. The smallest absolute Gasteiger partial charge is 0.265 e. The van der Waals surface area contributed by atoms with Crippen LogP contribution in [0.1, 0.15) is 20.3 Å². The number of rotatable bonds is 4. The van der Waals surface area contributed by atoms with Crippen LogP contribution in [-0.4, -0.2) is 45.2 Å². The van der Waals surface area contributed by atoms with E-state index in [1.807, 2.05) is 11.0 Å². The highest BCUT2D eigenvalue weighted by Crippen LogP contribution is 2.36. The summed E-state index contributed by atoms with van der Waals surface area (Å²) in [4.78, 5) is 16.5. The first-order valence-electron chi connectivity index (χ1n) is 8.18. The Hall–Kier alpha value is -1.75. The number of ether oxygens (including phenoxy) is 1. The first-order valence-corrected chi connectivity index (χ1v) is 8.18. The van der Waals surface area contributed by atoms with Gasteiger partial charge in [-0.1, -0.05) is 13.8 Å². The van der Waals surface area contributed by atoms with Crippen LogP contribution in [0.2, 0.25) is 0 Å². The lowest BCUT2D eigenvalue weighted by Crippen LogP contribution is -2.44. The van der Waals surface area contributed by atoms with E-state index < -0.39 is 0 Å². The van der Waals surface area contributed by atoms with Crippen molar-refractivity contribution in [2.24, 2.45) is 5.92 Å². The van der Waals surface area contributed by atoms with Gasteiger partial charge in [-0.15, -0.1) is 0 Å². The van der Waals surface area contributed by atoms with E-state index in [1.165, 1.54) is 5.69 Å². The molecule has 0 unspecified atom stereocenters. The van der Waals surface area contributed by atoms with Crippen LogP contribution in [0.4, 0.5) is 11.4 Å². The van der Waals surface area contributed by atoms with E-state index in [0.717, 1.165) is 50.6 Å². The van der Waals surface area contributed by atoms with E-state index in [1.54, 1.807) is 0 Å². The summed E-state index contributed by atoms with van der Waals surface area (Å²) in [6.07, 6.45) is 1.00. The number of nitrogens with zero attached hydrogens (tertiary/aromatic N) is 2. The van der Waals surface area contributed by atoms with Gasteiger partial charge in [0.05, 0.1) is 5.69 Å². The molecule has 1 aromatic rings. The van der Waals surface area contributed by atoms with Crippen molar-refractivity contribution < 1.29 is 9.53 Å². The third-order valence-corrected chi connectivity index (χ3v) is 4.30. The van der Waals surface area contributed by atoms with E-state index in [9.17, 15) is 4.79 Å². The maximum atomic E-state index is 12.2. The summed E-state index contributed by atoms with van der Waals surface area (Å²) in [5.41, 5.74) is 2.10. The normalized spacial score (nSPS) is 18.4. The summed E-state index contributed by atoms with van der Waals surface area (Å²) < 4.78 is 5.59. The average Bonchev–Trinajstić information content (AvgIpc) is 2.54. The molecule has 0 aromatic heterocycles. The van der Waals surface area contributed by atoms with Crippen molar-refractivity contribution in [3.63, 3.8) is 0 Å². The van der Waals surface area contributed by atoms with Crippen LogP contribution in [0.3, 0.4) is 0 Å². The number of fused-ring (bicyclic) bond motifs is 1. The maximum Gasteiger partial charge on any atom is 0.265 e. The molecule has 2 heterocycles. The lowest BCUT2D eigenvalue weighted by Gasteiger charge is -2.33. The Labute approximate surface area is 132 Å². The van der Waals surface area contributed by atoms with Crippen molar-refractivity contribution in [3.8, 4) is 5.75 Å². The van der Waals surface area contributed by atoms with E-state index in [0.29, 0.717) is 5.92 Å². The molecule has 1 amide bonds. The molecule has 5 nitrogen and oxygen atoms in total. The number of anilines is 2. The Balaban J connectivity index is 1.85. The van der Waals surface area contributed by atoms with Gasteiger partial charge in [-0.3, -0.25) is 4.79 Å². The largest absolute Gasteiger partial charge is 0.482 e. The fraction of sp³-hybridized carbons (Fsp3) is 0.588. The Morgan fingerprint density at radius 3 is 2.77 bits per heavy atom. The van der Waals surface area contributed by atoms with E-state index >= 15 is 0 Å². The summed E-state index contributed by atoms with van der Waals surface area (Å²) in [7, 11) is 0. The zero-order valence-electron chi connectivity index (χ0n) is 13.5. The van der Waals surface area contributed by atoms with Crippen LogP contribution >= 0.6 is 0 Å². The molecule has 1 fully saturated rings. The highest BCUT2D eigenvalue weighted by atomic mass is 16.5. The molecular weight excluding hydrogens is 278 g/mol. The maximum absolute atomic E-state index is 12.2. The van der Waals surface area contributed by atoms with Gasteiger partial charge in [0.2, 0.25) is 0 Å². The minimum absolute atomic E-state index is 0.0608. The van der Waals surface area contributed by atoms with Crippen LogP contribution in [0, 0.1) is 5.92 Å². The predicted octanol–water partition coefficient (Wildman–Crippen LogP) is 1.87. The number of amides is 1. The summed E-state index contributed by atoms with van der Waals surface area (Å²) in [6.45, 7) is 9.29. The Bertz CT molecular complexity index is 539. The molecule has 1 aromatic carbocycles. The number of benzene rings is 1. The van der Waals surface area contributed by atoms with Gasteiger partial charge < -0.3 is 19.9 Å². The Morgan fingerprint density at radius 1 is 1.27 bits per heavy atom. The minimum Gasteiger partial charge on any atom is -0.482 e. The summed E-state index contributed by atoms with van der Waals surface area (Å²) in [6, 6.07) is 6.21. The third-order valence-electron chi connectivity index (χ3n) is 4.30. The monoisotopic (exact) mass is 303 g/mol. The second-order valence-corrected chi connectivity index (χ2v) is 6.41. The molecular formula is C17H25N3O2. The zero-order chi connectivity index (χ0) is 15.5. The minimum atomic E-state index is 0.0608. The van der Waals surface area contributed by atoms with Crippen LogP contribution in [-0.2, 0) is 4.79 Å². The second-order valence-electron chi connectivity index (χ2n) is 6.41. The van der Waals surface area contributed by atoms with Gasteiger partial charge in [0.15, 0.2) is 6.61 Å². The molecule has 0 saturated carbocycles. The van der Waals surface area contributed by atoms with Crippen molar-refractivity contribution in [1.29, 1.82) is 0 Å². The van der Waals surface area contributed by atoms with Crippen molar-refractivity contribution in [1.82, 2.24) is 5.32 Å². The highest BCUT2D eigenvalue weighted by molar-refractivity contribution is 5.98. The molecule has 0 bridgehead atoms. The molecule has 0 spiro atoms. The molecule has 120 valence electrons. The van der Waals surface area contributed by atoms with Crippen LogP contribution in [0.15, 0.2) is 18.2 Å². The van der Waals surface area contributed by atoms with Crippen LogP contribution in [0.25, 0.3) is 0 Å². The van der Waals surface area contributed by atoms with Gasteiger partial charge in [-0.25, -0.2) is 0 Å². The molecule has 22 heavy (non-hydrogen) atoms. The van der Waals surface area contributed by atoms with Crippen molar-refractivity contribution in [3.05, 3.63) is 18.2 Å². The molecule has 0 radical (unpaired) electrons. The van der Waals surface area contributed by atoms with E-state index in [4.69, 9.17) is 4.74 Å². The van der Waals surface area contributed by atoms with Gasteiger partial charge in [0, 0.05) is 38.4 Å². The van der Waals surface area contributed by atoms with Gasteiger partial charge in [-0.05, 0) is 30.5 Å². The number of carbonyl (C=O) groups excluding carboxylic acids is 1. The number of hydrogen-bond acceptors (Lipinski definition) is 4. The molecule has 2 aliphatic rings. The molecule has 1 N–H and O–H groups in total. The fourth-order valence-corrected chi connectivity index (χ4v) is 2.94. The molecule has 0 atom stereocenters. The van der Waals surface area contributed by atoms with Crippen molar-refractivity contribution in [2.75, 3.05) is 49.1 Å². The summed E-state index contributed by atoms with van der Waals surface area (Å²) in [5, 5.41) is 3.36. The number of carbonyl (C=O) groups is 1. The highest BCUT2D eigenvalue weighted by Gasteiger charge is 2.26. The van der Waals surface area contributed by atoms with E-state index in [-0.39, 0.29) is 12.5 Å². The Morgan fingerprint density at radius 2 is 2.05 bits per heavy atom. The molecule has 3 rings (SSSR count). The van der Waals surface area contributed by atoms with Crippen molar-refractivity contribution >= 4 is 17.3 Å². The third kappa shape index (κ3) is 3.19. The lowest BCUT2D eigenvalue weighted by atomic mass is 10.1. The van der Waals surface area contributed by atoms with Crippen LogP contribution in [0.5, 0.6) is 5.75 Å². The zero-order valence-corrected chi connectivity index (χ0v) is 13.5. The molecule has 1 saturated heterocycles.